The lowest BCUT2D eigenvalue weighted by molar-refractivity contribution is -0.132. The van der Waals surface area contributed by atoms with E-state index < -0.39 is 0 Å². The fraction of sp³-hybridized carbons (Fsp3) is 0.632. The Hall–Kier alpha value is -1.43. The molecule has 132 valence electrons. The van der Waals surface area contributed by atoms with Crippen molar-refractivity contribution in [3.05, 3.63) is 35.9 Å². The smallest absolute Gasteiger partial charge is 0.223 e. The molecule has 2 heterocycles. The first-order valence-corrected chi connectivity index (χ1v) is 9.28. The van der Waals surface area contributed by atoms with Gasteiger partial charge in [-0.1, -0.05) is 30.3 Å². The Morgan fingerprint density at radius 1 is 0.875 bits per heavy atom. The SMILES string of the molecule is O=C(CCN1CCN(CCc2ccccc2)CC1)N1CCNCC1. The van der Waals surface area contributed by atoms with Crippen LogP contribution in [0.5, 0.6) is 0 Å². The summed E-state index contributed by atoms with van der Waals surface area (Å²) in [6.45, 7) is 10.1. The minimum atomic E-state index is 0.322. The van der Waals surface area contributed by atoms with Crippen molar-refractivity contribution in [2.45, 2.75) is 12.8 Å². The summed E-state index contributed by atoms with van der Waals surface area (Å²) < 4.78 is 0. The fourth-order valence-corrected chi connectivity index (χ4v) is 3.49. The number of carbonyl (C=O) groups excluding carboxylic acids is 1. The third-order valence-electron chi connectivity index (χ3n) is 5.14. The van der Waals surface area contributed by atoms with Crippen LogP contribution in [0.3, 0.4) is 0 Å². The number of hydrogen-bond donors (Lipinski definition) is 1. The fourth-order valence-electron chi connectivity index (χ4n) is 3.49. The molecule has 1 aromatic rings. The summed E-state index contributed by atoms with van der Waals surface area (Å²) in [5.74, 6) is 0.322. The van der Waals surface area contributed by atoms with E-state index in [9.17, 15) is 4.79 Å². The van der Waals surface area contributed by atoms with Crippen LogP contribution in [0.25, 0.3) is 0 Å². The average molecular weight is 330 g/mol. The number of hydrogen-bond acceptors (Lipinski definition) is 4. The molecule has 2 aliphatic rings. The summed E-state index contributed by atoms with van der Waals surface area (Å²) in [7, 11) is 0. The summed E-state index contributed by atoms with van der Waals surface area (Å²) in [6.07, 6.45) is 1.80. The van der Waals surface area contributed by atoms with Crippen LogP contribution in [-0.2, 0) is 11.2 Å². The second-order valence-electron chi connectivity index (χ2n) is 6.80. The van der Waals surface area contributed by atoms with Gasteiger partial charge >= 0.3 is 0 Å². The van der Waals surface area contributed by atoms with Crippen LogP contribution < -0.4 is 5.32 Å². The van der Waals surface area contributed by atoms with Gasteiger partial charge in [-0.25, -0.2) is 0 Å². The zero-order valence-corrected chi connectivity index (χ0v) is 14.6. The number of nitrogens with one attached hydrogen (secondary N) is 1. The summed E-state index contributed by atoms with van der Waals surface area (Å²) in [4.78, 5) is 19.2. The minimum Gasteiger partial charge on any atom is -0.340 e. The van der Waals surface area contributed by atoms with E-state index >= 15 is 0 Å². The van der Waals surface area contributed by atoms with Crippen LogP contribution in [0, 0.1) is 0 Å². The second-order valence-corrected chi connectivity index (χ2v) is 6.80. The molecule has 5 heteroatoms. The van der Waals surface area contributed by atoms with Crippen molar-refractivity contribution in [3.63, 3.8) is 0 Å². The van der Waals surface area contributed by atoms with Crippen molar-refractivity contribution < 1.29 is 4.79 Å². The van der Waals surface area contributed by atoms with Gasteiger partial charge < -0.3 is 20.0 Å². The Labute approximate surface area is 145 Å². The lowest BCUT2D eigenvalue weighted by atomic mass is 10.1. The number of piperazine rings is 2. The van der Waals surface area contributed by atoms with Crippen LogP contribution in [0.2, 0.25) is 0 Å². The van der Waals surface area contributed by atoms with E-state index in [0.717, 1.165) is 71.9 Å². The number of nitrogens with zero attached hydrogens (tertiary/aromatic N) is 3. The van der Waals surface area contributed by atoms with Crippen LogP contribution in [-0.4, -0.2) is 86.1 Å². The standard InChI is InChI=1S/C19H30N4O/c24-19(23-12-8-20-9-13-23)7-11-22-16-14-21(15-17-22)10-6-18-4-2-1-3-5-18/h1-5,20H,6-17H2. The zero-order chi connectivity index (χ0) is 16.6. The molecule has 2 aliphatic heterocycles. The maximum atomic E-state index is 12.2. The molecule has 0 bridgehead atoms. The van der Waals surface area contributed by atoms with E-state index in [0.29, 0.717) is 12.3 Å². The molecule has 0 aromatic heterocycles. The Morgan fingerprint density at radius 3 is 2.17 bits per heavy atom. The van der Waals surface area contributed by atoms with Crippen LogP contribution in [0.4, 0.5) is 0 Å². The molecule has 1 amide bonds. The molecule has 0 unspecified atom stereocenters. The Balaban J connectivity index is 1.31. The van der Waals surface area contributed by atoms with Crippen LogP contribution in [0.1, 0.15) is 12.0 Å². The predicted molar refractivity (Wildman–Crippen MR) is 97.1 cm³/mol. The van der Waals surface area contributed by atoms with E-state index in [1.807, 2.05) is 4.90 Å². The highest BCUT2D eigenvalue weighted by atomic mass is 16.2. The summed E-state index contributed by atoms with van der Waals surface area (Å²) >= 11 is 0. The molecule has 2 saturated heterocycles. The largest absolute Gasteiger partial charge is 0.340 e. The Morgan fingerprint density at radius 2 is 1.50 bits per heavy atom. The van der Waals surface area contributed by atoms with Gasteiger partial charge in [-0.2, -0.15) is 0 Å². The van der Waals surface area contributed by atoms with E-state index in [2.05, 4.69) is 45.4 Å². The first-order valence-electron chi connectivity index (χ1n) is 9.28. The molecule has 5 nitrogen and oxygen atoms in total. The molecule has 3 rings (SSSR count). The highest BCUT2D eigenvalue weighted by Gasteiger charge is 2.20. The van der Waals surface area contributed by atoms with Gasteiger partial charge in [0.2, 0.25) is 5.91 Å². The maximum absolute atomic E-state index is 12.2. The minimum absolute atomic E-state index is 0.322. The monoisotopic (exact) mass is 330 g/mol. The molecule has 2 fully saturated rings. The third kappa shape index (κ3) is 5.30. The summed E-state index contributed by atoms with van der Waals surface area (Å²) in [5.41, 5.74) is 1.42. The number of carbonyl (C=O) groups is 1. The number of amides is 1. The molecular weight excluding hydrogens is 300 g/mol. The van der Waals surface area contributed by atoms with Gasteiger partial charge in [0.1, 0.15) is 0 Å². The molecule has 0 atom stereocenters. The van der Waals surface area contributed by atoms with Crippen molar-refractivity contribution in [1.29, 1.82) is 0 Å². The lowest BCUT2D eigenvalue weighted by Crippen LogP contribution is -2.49. The lowest BCUT2D eigenvalue weighted by Gasteiger charge is -2.35. The van der Waals surface area contributed by atoms with Gasteiger partial charge in [0.25, 0.3) is 0 Å². The molecule has 0 saturated carbocycles. The second kappa shape index (κ2) is 9.16. The number of rotatable bonds is 6. The van der Waals surface area contributed by atoms with E-state index in [-0.39, 0.29) is 0 Å². The van der Waals surface area contributed by atoms with Gasteiger partial charge in [0, 0.05) is 71.9 Å². The average Bonchev–Trinajstić information content (AvgIpc) is 2.67. The highest BCUT2D eigenvalue weighted by Crippen LogP contribution is 2.07. The molecular formula is C19H30N4O. The zero-order valence-electron chi connectivity index (χ0n) is 14.6. The van der Waals surface area contributed by atoms with Crippen LogP contribution >= 0.6 is 0 Å². The van der Waals surface area contributed by atoms with Crippen molar-refractivity contribution in [2.75, 3.05) is 65.4 Å². The Kier molecular flexibility index (Phi) is 6.64. The van der Waals surface area contributed by atoms with Crippen molar-refractivity contribution >= 4 is 5.91 Å². The quantitative estimate of drug-likeness (QED) is 0.832. The molecule has 0 radical (unpaired) electrons. The normalized spacial score (nSPS) is 20.2. The van der Waals surface area contributed by atoms with E-state index in [1.165, 1.54) is 5.56 Å². The van der Waals surface area contributed by atoms with Gasteiger partial charge in [-0.3, -0.25) is 4.79 Å². The van der Waals surface area contributed by atoms with Crippen molar-refractivity contribution in [3.8, 4) is 0 Å². The van der Waals surface area contributed by atoms with Crippen LogP contribution in [0.15, 0.2) is 30.3 Å². The molecule has 1 N–H and O–H groups in total. The Bertz CT molecular complexity index is 493. The molecule has 24 heavy (non-hydrogen) atoms. The van der Waals surface area contributed by atoms with Crippen molar-refractivity contribution in [2.24, 2.45) is 0 Å². The third-order valence-corrected chi connectivity index (χ3v) is 5.14. The number of benzene rings is 1. The van der Waals surface area contributed by atoms with E-state index in [1.54, 1.807) is 0 Å². The van der Waals surface area contributed by atoms with Gasteiger partial charge in [-0.15, -0.1) is 0 Å². The van der Waals surface area contributed by atoms with Gasteiger partial charge in [0.15, 0.2) is 0 Å². The highest BCUT2D eigenvalue weighted by molar-refractivity contribution is 5.76. The molecule has 0 aliphatic carbocycles. The maximum Gasteiger partial charge on any atom is 0.223 e. The first kappa shape index (κ1) is 17.4. The van der Waals surface area contributed by atoms with Gasteiger partial charge in [0.05, 0.1) is 0 Å². The first-order chi connectivity index (χ1) is 11.8. The predicted octanol–water partition coefficient (Wildman–Crippen LogP) is 0.669. The molecule has 1 aromatic carbocycles. The summed E-state index contributed by atoms with van der Waals surface area (Å²) in [5, 5.41) is 3.29. The summed E-state index contributed by atoms with van der Waals surface area (Å²) in [6, 6.07) is 10.7. The topological polar surface area (TPSA) is 38.8 Å². The van der Waals surface area contributed by atoms with Crippen molar-refractivity contribution in [1.82, 2.24) is 20.0 Å². The molecule has 0 spiro atoms. The van der Waals surface area contributed by atoms with Gasteiger partial charge in [-0.05, 0) is 12.0 Å². The van der Waals surface area contributed by atoms with E-state index in [4.69, 9.17) is 0 Å².